The van der Waals surface area contributed by atoms with Gasteiger partial charge in [0.2, 0.25) is 0 Å². The highest BCUT2D eigenvalue weighted by Crippen LogP contribution is 2.29. The first-order chi connectivity index (χ1) is 10.1. The SMILES string of the molecule is CNCc1ccc2c(c1)c(C)c(C)n2Cc1ccc(Br)s1. The molecule has 0 aliphatic rings. The summed E-state index contributed by atoms with van der Waals surface area (Å²) in [4.78, 5) is 1.38. The van der Waals surface area contributed by atoms with Gasteiger partial charge in [-0.1, -0.05) is 6.07 Å². The van der Waals surface area contributed by atoms with Crippen molar-refractivity contribution in [3.05, 3.63) is 55.8 Å². The average Bonchev–Trinajstić information content (AvgIpc) is 2.97. The lowest BCUT2D eigenvalue weighted by molar-refractivity contribution is 0.810. The summed E-state index contributed by atoms with van der Waals surface area (Å²) in [5.74, 6) is 0. The maximum atomic E-state index is 3.55. The predicted octanol–water partition coefficient (Wildman–Crippen LogP) is 4.85. The molecule has 0 bridgehead atoms. The van der Waals surface area contributed by atoms with Crippen LogP contribution in [0.25, 0.3) is 10.9 Å². The summed E-state index contributed by atoms with van der Waals surface area (Å²) in [6.45, 7) is 6.30. The van der Waals surface area contributed by atoms with Gasteiger partial charge in [0, 0.05) is 28.0 Å². The second-order valence-electron chi connectivity index (χ2n) is 5.38. The van der Waals surface area contributed by atoms with E-state index in [2.05, 4.69) is 70.0 Å². The van der Waals surface area contributed by atoms with Crippen LogP contribution in [0.3, 0.4) is 0 Å². The number of aromatic nitrogens is 1. The molecule has 3 aromatic rings. The number of fused-ring (bicyclic) bond motifs is 1. The van der Waals surface area contributed by atoms with Crippen molar-refractivity contribution in [3.8, 4) is 0 Å². The van der Waals surface area contributed by atoms with Crippen LogP contribution in [0.4, 0.5) is 0 Å². The zero-order valence-electron chi connectivity index (χ0n) is 12.5. The predicted molar refractivity (Wildman–Crippen MR) is 95.3 cm³/mol. The lowest BCUT2D eigenvalue weighted by Gasteiger charge is -2.07. The summed E-state index contributed by atoms with van der Waals surface area (Å²) in [5, 5.41) is 4.59. The first-order valence-corrected chi connectivity index (χ1v) is 8.68. The van der Waals surface area contributed by atoms with Gasteiger partial charge >= 0.3 is 0 Å². The topological polar surface area (TPSA) is 17.0 Å². The van der Waals surface area contributed by atoms with Gasteiger partial charge in [-0.3, -0.25) is 0 Å². The number of rotatable bonds is 4. The summed E-state index contributed by atoms with van der Waals surface area (Å²) < 4.78 is 3.62. The molecule has 0 unspecified atom stereocenters. The molecular weight excluding hydrogens is 344 g/mol. The number of benzene rings is 1. The van der Waals surface area contributed by atoms with E-state index in [1.807, 2.05) is 7.05 Å². The maximum Gasteiger partial charge on any atom is 0.0702 e. The third-order valence-electron chi connectivity index (χ3n) is 4.03. The number of thiophene rings is 1. The third-order valence-corrected chi connectivity index (χ3v) is 5.64. The van der Waals surface area contributed by atoms with Crippen molar-refractivity contribution in [2.45, 2.75) is 26.9 Å². The average molecular weight is 363 g/mol. The van der Waals surface area contributed by atoms with Crippen LogP contribution >= 0.6 is 27.3 Å². The Hall–Kier alpha value is -1.10. The monoisotopic (exact) mass is 362 g/mol. The molecule has 3 rings (SSSR count). The normalized spacial score (nSPS) is 11.4. The van der Waals surface area contributed by atoms with E-state index in [0.29, 0.717) is 0 Å². The Balaban J connectivity index is 2.07. The van der Waals surface area contributed by atoms with Crippen molar-refractivity contribution in [3.63, 3.8) is 0 Å². The molecule has 1 aromatic carbocycles. The van der Waals surface area contributed by atoms with Gasteiger partial charge in [0.1, 0.15) is 0 Å². The molecule has 110 valence electrons. The van der Waals surface area contributed by atoms with Gasteiger partial charge in [-0.2, -0.15) is 0 Å². The van der Waals surface area contributed by atoms with E-state index in [1.165, 1.54) is 36.4 Å². The molecule has 2 heterocycles. The van der Waals surface area contributed by atoms with Crippen LogP contribution in [0.15, 0.2) is 34.1 Å². The summed E-state index contributed by atoms with van der Waals surface area (Å²) in [7, 11) is 1.99. The van der Waals surface area contributed by atoms with Gasteiger partial charge < -0.3 is 9.88 Å². The number of halogens is 1. The molecule has 0 saturated heterocycles. The van der Waals surface area contributed by atoms with E-state index in [0.717, 1.165) is 13.1 Å². The smallest absolute Gasteiger partial charge is 0.0702 e. The number of nitrogens with one attached hydrogen (secondary N) is 1. The summed E-state index contributed by atoms with van der Waals surface area (Å²) in [6, 6.07) is 11.1. The molecule has 0 fully saturated rings. The number of hydrogen-bond donors (Lipinski definition) is 1. The lowest BCUT2D eigenvalue weighted by Crippen LogP contribution is -2.04. The van der Waals surface area contributed by atoms with Crippen molar-refractivity contribution in [2.24, 2.45) is 0 Å². The zero-order chi connectivity index (χ0) is 15.0. The van der Waals surface area contributed by atoms with E-state index < -0.39 is 0 Å². The molecule has 0 aliphatic heterocycles. The minimum absolute atomic E-state index is 0.914. The molecule has 2 aromatic heterocycles. The van der Waals surface area contributed by atoms with Crippen LogP contribution in [-0.4, -0.2) is 11.6 Å². The molecule has 0 saturated carbocycles. The Bertz CT molecular complexity index is 786. The Morgan fingerprint density at radius 3 is 2.67 bits per heavy atom. The van der Waals surface area contributed by atoms with Crippen LogP contribution in [0.5, 0.6) is 0 Å². The molecular formula is C17H19BrN2S. The fourth-order valence-corrected chi connectivity index (χ4v) is 4.28. The van der Waals surface area contributed by atoms with Crippen molar-refractivity contribution >= 4 is 38.2 Å². The first-order valence-electron chi connectivity index (χ1n) is 7.07. The minimum Gasteiger partial charge on any atom is -0.339 e. The van der Waals surface area contributed by atoms with Crippen molar-refractivity contribution in [1.29, 1.82) is 0 Å². The lowest BCUT2D eigenvalue weighted by atomic mass is 10.1. The Morgan fingerprint density at radius 1 is 1.19 bits per heavy atom. The molecule has 4 heteroatoms. The molecule has 2 nitrogen and oxygen atoms in total. The molecule has 0 aliphatic carbocycles. The fourth-order valence-electron chi connectivity index (χ4n) is 2.81. The van der Waals surface area contributed by atoms with Crippen LogP contribution < -0.4 is 5.32 Å². The molecule has 0 radical (unpaired) electrons. The summed E-state index contributed by atoms with van der Waals surface area (Å²) in [5.41, 5.74) is 5.41. The van der Waals surface area contributed by atoms with Crippen molar-refractivity contribution < 1.29 is 0 Å². The molecule has 0 amide bonds. The van der Waals surface area contributed by atoms with Crippen molar-refractivity contribution in [2.75, 3.05) is 7.05 Å². The zero-order valence-corrected chi connectivity index (χ0v) is 14.9. The molecule has 0 spiro atoms. The highest BCUT2D eigenvalue weighted by molar-refractivity contribution is 9.11. The van der Waals surface area contributed by atoms with Crippen LogP contribution in [-0.2, 0) is 13.1 Å². The molecule has 0 atom stereocenters. The minimum atomic E-state index is 0.914. The summed E-state index contributed by atoms with van der Waals surface area (Å²) in [6.07, 6.45) is 0. The second-order valence-corrected chi connectivity index (χ2v) is 7.93. The highest BCUT2D eigenvalue weighted by Gasteiger charge is 2.12. The number of aryl methyl sites for hydroxylation is 1. The highest BCUT2D eigenvalue weighted by atomic mass is 79.9. The fraction of sp³-hybridized carbons (Fsp3) is 0.294. The quantitative estimate of drug-likeness (QED) is 0.701. The van der Waals surface area contributed by atoms with E-state index in [-0.39, 0.29) is 0 Å². The Kier molecular flexibility index (Phi) is 4.20. The third kappa shape index (κ3) is 2.80. The molecule has 21 heavy (non-hydrogen) atoms. The van der Waals surface area contributed by atoms with Gasteiger partial charge in [-0.25, -0.2) is 0 Å². The van der Waals surface area contributed by atoms with Gasteiger partial charge in [-0.05, 0) is 72.2 Å². The standard InChI is InChI=1S/C17H19BrN2S/c1-11-12(2)20(10-14-5-7-17(18)21-14)16-6-4-13(9-19-3)8-15(11)16/h4-8,19H,9-10H2,1-3H3. The second kappa shape index (κ2) is 5.95. The van der Waals surface area contributed by atoms with Crippen LogP contribution in [0.2, 0.25) is 0 Å². The van der Waals surface area contributed by atoms with E-state index >= 15 is 0 Å². The van der Waals surface area contributed by atoms with Gasteiger partial charge in [0.05, 0.1) is 10.3 Å². The first kappa shape index (κ1) is 14.8. The van der Waals surface area contributed by atoms with E-state index in [4.69, 9.17) is 0 Å². The van der Waals surface area contributed by atoms with E-state index in [1.54, 1.807) is 11.3 Å². The number of hydrogen-bond acceptors (Lipinski definition) is 2. The van der Waals surface area contributed by atoms with Gasteiger partial charge in [0.25, 0.3) is 0 Å². The Morgan fingerprint density at radius 2 is 2.00 bits per heavy atom. The van der Waals surface area contributed by atoms with Crippen LogP contribution in [0, 0.1) is 13.8 Å². The van der Waals surface area contributed by atoms with Gasteiger partial charge in [0.15, 0.2) is 0 Å². The van der Waals surface area contributed by atoms with E-state index in [9.17, 15) is 0 Å². The molecule has 1 N–H and O–H groups in total. The van der Waals surface area contributed by atoms with Crippen LogP contribution in [0.1, 0.15) is 21.7 Å². The van der Waals surface area contributed by atoms with Crippen molar-refractivity contribution in [1.82, 2.24) is 9.88 Å². The summed E-state index contributed by atoms with van der Waals surface area (Å²) >= 11 is 5.35. The number of nitrogens with zero attached hydrogens (tertiary/aromatic N) is 1. The van der Waals surface area contributed by atoms with Gasteiger partial charge in [-0.15, -0.1) is 11.3 Å². The largest absolute Gasteiger partial charge is 0.339 e. The maximum absolute atomic E-state index is 3.55. The Labute approximate surface area is 137 Å².